The molecule has 3 aromatic rings. The Morgan fingerprint density at radius 2 is 2.00 bits per heavy atom. The number of carbonyl (C=O) groups is 1. The summed E-state index contributed by atoms with van der Waals surface area (Å²) in [5, 5.41) is 11.1. The zero-order valence-corrected chi connectivity index (χ0v) is 13.7. The molecule has 0 radical (unpaired) electrons. The number of pyridine rings is 1. The molecule has 1 amide bonds. The normalized spacial score (nSPS) is 10.6. The molecule has 0 saturated heterocycles. The molecule has 0 saturated carbocycles. The van der Waals surface area contributed by atoms with Crippen LogP contribution in [-0.4, -0.2) is 21.1 Å². The lowest BCUT2D eigenvalue weighted by Gasteiger charge is -2.05. The molecule has 1 aromatic carbocycles. The van der Waals surface area contributed by atoms with E-state index in [2.05, 4.69) is 20.5 Å². The largest absolute Gasteiger partial charge is 0.421 e. The predicted molar refractivity (Wildman–Crippen MR) is 90.7 cm³/mol. The maximum absolute atomic E-state index is 12.0. The van der Waals surface area contributed by atoms with Crippen LogP contribution in [0.1, 0.15) is 17.9 Å². The molecule has 0 atom stereocenters. The van der Waals surface area contributed by atoms with Gasteiger partial charge in [0, 0.05) is 30.8 Å². The molecule has 2 aromatic heterocycles. The lowest BCUT2D eigenvalue weighted by Crippen LogP contribution is -2.12. The number of rotatable bonds is 5. The lowest BCUT2D eigenvalue weighted by molar-refractivity contribution is -0.116. The number of nitrogens with one attached hydrogen (secondary N) is 1. The first-order chi connectivity index (χ1) is 11.6. The van der Waals surface area contributed by atoms with Crippen molar-refractivity contribution in [2.75, 3.05) is 5.32 Å². The van der Waals surface area contributed by atoms with E-state index in [0.29, 0.717) is 28.9 Å². The minimum absolute atomic E-state index is 0.182. The third-order valence-corrected chi connectivity index (χ3v) is 3.68. The average molecular weight is 343 g/mol. The van der Waals surface area contributed by atoms with Crippen molar-refractivity contribution in [2.24, 2.45) is 0 Å². The Kier molecular flexibility index (Phi) is 4.86. The van der Waals surface area contributed by atoms with Crippen molar-refractivity contribution in [3.8, 4) is 11.5 Å². The van der Waals surface area contributed by atoms with Crippen molar-refractivity contribution in [3.63, 3.8) is 0 Å². The van der Waals surface area contributed by atoms with Crippen molar-refractivity contribution < 1.29 is 9.21 Å². The number of aryl methyl sites for hydroxylation is 2. The van der Waals surface area contributed by atoms with Gasteiger partial charge in [-0.2, -0.15) is 0 Å². The Morgan fingerprint density at radius 3 is 2.75 bits per heavy atom. The van der Waals surface area contributed by atoms with Crippen LogP contribution in [-0.2, 0) is 11.2 Å². The van der Waals surface area contributed by atoms with Gasteiger partial charge in [-0.3, -0.25) is 9.78 Å². The predicted octanol–water partition coefficient (Wildman–Crippen LogP) is 3.66. The van der Waals surface area contributed by atoms with Crippen molar-refractivity contribution in [2.45, 2.75) is 19.8 Å². The Labute approximate surface area is 143 Å². The number of hydrogen-bond acceptors (Lipinski definition) is 5. The summed E-state index contributed by atoms with van der Waals surface area (Å²) in [6.07, 6.45) is 3.61. The molecule has 0 aliphatic heterocycles. The Hall–Kier alpha value is -2.73. The average Bonchev–Trinajstić information content (AvgIpc) is 3.05. The SMILES string of the molecule is Cc1ccc(-c2nnc(CCC(=O)Nc3ccncc3Cl)o2)cc1. The molecule has 122 valence electrons. The minimum Gasteiger partial charge on any atom is -0.421 e. The maximum Gasteiger partial charge on any atom is 0.247 e. The van der Waals surface area contributed by atoms with Gasteiger partial charge in [0.25, 0.3) is 0 Å². The molecule has 3 rings (SSSR count). The van der Waals surface area contributed by atoms with Crippen molar-refractivity contribution in [3.05, 3.63) is 59.2 Å². The monoisotopic (exact) mass is 342 g/mol. The summed E-state index contributed by atoms with van der Waals surface area (Å²) in [7, 11) is 0. The van der Waals surface area contributed by atoms with Crippen molar-refractivity contribution in [1.82, 2.24) is 15.2 Å². The van der Waals surface area contributed by atoms with Gasteiger partial charge in [0.1, 0.15) is 0 Å². The molecule has 0 aliphatic carbocycles. The fourth-order valence-electron chi connectivity index (χ4n) is 2.08. The zero-order chi connectivity index (χ0) is 16.9. The fourth-order valence-corrected chi connectivity index (χ4v) is 2.24. The molecule has 6 nitrogen and oxygen atoms in total. The van der Waals surface area contributed by atoms with E-state index in [1.165, 1.54) is 6.20 Å². The summed E-state index contributed by atoms with van der Waals surface area (Å²) >= 11 is 5.95. The topological polar surface area (TPSA) is 80.9 Å². The van der Waals surface area contributed by atoms with E-state index in [0.717, 1.165) is 11.1 Å². The van der Waals surface area contributed by atoms with Crippen LogP contribution >= 0.6 is 11.6 Å². The summed E-state index contributed by atoms with van der Waals surface area (Å²) in [6, 6.07) is 9.44. The van der Waals surface area contributed by atoms with Crippen LogP contribution in [0.2, 0.25) is 5.02 Å². The summed E-state index contributed by atoms with van der Waals surface area (Å²) in [5.41, 5.74) is 2.54. The second-order valence-corrected chi connectivity index (χ2v) is 5.68. The lowest BCUT2D eigenvalue weighted by atomic mass is 10.1. The van der Waals surface area contributed by atoms with Crippen LogP contribution < -0.4 is 5.32 Å². The summed E-state index contributed by atoms with van der Waals surface area (Å²) in [5.74, 6) is 0.683. The van der Waals surface area contributed by atoms with Crippen LogP contribution in [0.3, 0.4) is 0 Å². The number of hydrogen-bond donors (Lipinski definition) is 1. The molecule has 7 heteroatoms. The highest BCUT2D eigenvalue weighted by Crippen LogP contribution is 2.20. The van der Waals surface area contributed by atoms with E-state index in [-0.39, 0.29) is 12.3 Å². The van der Waals surface area contributed by atoms with Gasteiger partial charge in [-0.1, -0.05) is 29.3 Å². The second-order valence-electron chi connectivity index (χ2n) is 5.27. The third kappa shape index (κ3) is 3.97. The molecular formula is C17H15ClN4O2. The van der Waals surface area contributed by atoms with Crippen molar-refractivity contribution >= 4 is 23.2 Å². The smallest absolute Gasteiger partial charge is 0.247 e. The number of benzene rings is 1. The number of carbonyl (C=O) groups excluding carboxylic acids is 1. The van der Waals surface area contributed by atoms with E-state index in [9.17, 15) is 4.79 Å². The van der Waals surface area contributed by atoms with Gasteiger partial charge in [-0.25, -0.2) is 0 Å². The summed E-state index contributed by atoms with van der Waals surface area (Å²) in [4.78, 5) is 15.8. The third-order valence-electron chi connectivity index (χ3n) is 3.38. The first-order valence-corrected chi connectivity index (χ1v) is 7.78. The van der Waals surface area contributed by atoms with E-state index in [4.69, 9.17) is 16.0 Å². The zero-order valence-electron chi connectivity index (χ0n) is 13.0. The van der Waals surface area contributed by atoms with Crippen LogP contribution in [0.5, 0.6) is 0 Å². The number of amides is 1. The summed E-state index contributed by atoms with van der Waals surface area (Å²) < 4.78 is 5.60. The Bertz CT molecular complexity index is 846. The number of halogens is 1. The Balaban J connectivity index is 1.58. The van der Waals surface area contributed by atoms with Crippen LogP contribution in [0.4, 0.5) is 5.69 Å². The van der Waals surface area contributed by atoms with E-state index in [1.54, 1.807) is 12.3 Å². The summed E-state index contributed by atoms with van der Waals surface area (Å²) in [6.45, 7) is 2.01. The van der Waals surface area contributed by atoms with Gasteiger partial charge < -0.3 is 9.73 Å². The van der Waals surface area contributed by atoms with Gasteiger partial charge in [-0.05, 0) is 25.1 Å². The van der Waals surface area contributed by atoms with E-state index < -0.39 is 0 Å². The van der Waals surface area contributed by atoms with Crippen molar-refractivity contribution in [1.29, 1.82) is 0 Å². The van der Waals surface area contributed by atoms with Gasteiger partial charge in [0.2, 0.25) is 17.7 Å². The van der Waals surface area contributed by atoms with Crippen LogP contribution in [0, 0.1) is 6.92 Å². The highest BCUT2D eigenvalue weighted by Gasteiger charge is 2.11. The van der Waals surface area contributed by atoms with Crippen LogP contribution in [0.25, 0.3) is 11.5 Å². The number of anilines is 1. The quantitative estimate of drug-likeness (QED) is 0.765. The molecule has 24 heavy (non-hydrogen) atoms. The molecule has 0 spiro atoms. The second kappa shape index (κ2) is 7.23. The molecule has 0 unspecified atom stereocenters. The molecule has 2 heterocycles. The molecule has 1 N–H and O–H groups in total. The van der Waals surface area contributed by atoms with E-state index in [1.807, 2.05) is 31.2 Å². The van der Waals surface area contributed by atoms with Gasteiger partial charge in [0.05, 0.1) is 10.7 Å². The van der Waals surface area contributed by atoms with E-state index >= 15 is 0 Å². The maximum atomic E-state index is 12.0. The minimum atomic E-state index is -0.182. The molecule has 0 bridgehead atoms. The standard InChI is InChI=1S/C17H15ClN4O2/c1-11-2-4-12(5-3-11)17-22-21-16(24-17)7-6-15(23)20-14-8-9-19-10-13(14)18/h2-5,8-10H,6-7H2,1H3,(H,19,20,23). The first kappa shape index (κ1) is 16.1. The molecular weight excluding hydrogens is 328 g/mol. The number of aromatic nitrogens is 3. The molecule has 0 aliphatic rings. The highest BCUT2D eigenvalue weighted by molar-refractivity contribution is 6.33. The number of nitrogens with zero attached hydrogens (tertiary/aromatic N) is 3. The highest BCUT2D eigenvalue weighted by atomic mass is 35.5. The Morgan fingerprint density at radius 1 is 1.21 bits per heavy atom. The molecule has 0 fully saturated rings. The van der Waals surface area contributed by atoms with Gasteiger partial charge in [-0.15, -0.1) is 10.2 Å². The first-order valence-electron chi connectivity index (χ1n) is 7.40. The van der Waals surface area contributed by atoms with Crippen LogP contribution in [0.15, 0.2) is 47.1 Å². The fraction of sp³-hybridized carbons (Fsp3) is 0.176. The van der Waals surface area contributed by atoms with Gasteiger partial charge in [0.15, 0.2) is 0 Å². The van der Waals surface area contributed by atoms with Gasteiger partial charge >= 0.3 is 0 Å².